The second kappa shape index (κ2) is 7.45. The Morgan fingerprint density at radius 2 is 1.87 bits per heavy atom. The Kier molecular flexibility index (Phi) is 5.34. The Hall–Kier alpha value is -0.600. The normalized spacial score (nSPS) is 48.3. The lowest BCUT2D eigenvalue weighted by Crippen LogP contribution is -2.54. The molecule has 0 bridgehead atoms. The van der Waals surface area contributed by atoms with Crippen LogP contribution in [0.15, 0.2) is 23.3 Å². The summed E-state index contributed by atoms with van der Waals surface area (Å²) in [6.45, 7) is 11.9. The number of fused-ring (bicyclic) bond motifs is 6. The minimum absolute atomic E-state index is 0.111. The van der Waals surface area contributed by atoms with Crippen molar-refractivity contribution in [2.24, 2.45) is 45.8 Å². The second-order valence-electron chi connectivity index (χ2n) is 13.1. The molecule has 174 valence electrons. The molecule has 0 aromatic rings. The van der Waals surface area contributed by atoms with Gasteiger partial charge in [-0.1, -0.05) is 44.1 Å². The molecule has 0 saturated heterocycles. The molecule has 4 saturated carbocycles. The molecular weight excluding hydrogens is 380 g/mol. The van der Waals surface area contributed by atoms with E-state index in [1.165, 1.54) is 44.1 Å². The van der Waals surface area contributed by atoms with Gasteiger partial charge in [0.1, 0.15) is 0 Å². The molecule has 0 aliphatic heterocycles. The molecule has 0 unspecified atom stereocenters. The molecule has 31 heavy (non-hydrogen) atoms. The highest BCUT2D eigenvalue weighted by molar-refractivity contribution is 5.37. The van der Waals surface area contributed by atoms with Crippen LogP contribution in [0.2, 0.25) is 0 Å². The van der Waals surface area contributed by atoms with Crippen molar-refractivity contribution in [3.05, 3.63) is 23.3 Å². The van der Waals surface area contributed by atoms with E-state index in [0.717, 1.165) is 25.7 Å². The molecule has 4 fully saturated rings. The molecular formula is C29H46O2. The summed E-state index contributed by atoms with van der Waals surface area (Å²) in [7, 11) is 0. The third-order valence-electron chi connectivity index (χ3n) is 11.3. The van der Waals surface area contributed by atoms with Gasteiger partial charge in [0.05, 0.1) is 12.2 Å². The zero-order valence-electron chi connectivity index (χ0n) is 20.7. The van der Waals surface area contributed by atoms with Crippen molar-refractivity contribution in [1.29, 1.82) is 0 Å². The minimum Gasteiger partial charge on any atom is -0.393 e. The highest BCUT2D eigenvalue weighted by Gasteiger charge is 2.66. The first kappa shape index (κ1) is 22.2. The van der Waals surface area contributed by atoms with Gasteiger partial charge in [-0.2, -0.15) is 0 Å². The summed E-state index contributed by atoms with van der Waals surface area (Å²) in [5.41, 5.74) is 3.73. The van der Waals surface area contributed by atoms with Gasteiger partial charge in [0.2, 0.25) is 0 Å². The molecule has 2 nitrogen and oxygen atoms in total. The van der Waals surface area contributed by atoms with Gasteiger partial charge in [0, 0.05) is 5.41 Å². The number of allylic oxidation sites excluding steroid dienone is 3. The van der Waals surface area contributed by atoms with Crippen LogP contribution in [0.4, 0.5) is 0 Å². The number of hydrogen-bond acceptors (Lipinski definition) is 2. The summed E-state index contributed by atoms with van der Waals surface area (Å²) in [4.78, 5) is 0. The highest BCUT2D eigenvalue weighted by atomic mass is 16.3. The largest absolute Gasteiger partial charge is 0.393 e. The summed E-state index contributed by atoms with van der Waals surface area (Å²) in [6.07, 6.45) is 16.4. The van der Waals surface area contributed by atoms with Gasteiger partial charge in [-0.3, -0.25) is 0 Å². The second-order valence-corrected chi connectivity index (χ2v) is 13.1. The van der Waals surface area contributed by atoms with Crippen LogP contribution in [-0.4, -0.2) is 22.4 Å². The lowest BCUT2D eigenvalue weighted by molar-refractivity contribution is -0.0897. The minimum atomic E-state index is -0.128. The molecule has 2 heteroatoms. The van der Waals surface area contributed by atoms with E-state index in [-0.39, 0.29) is 28.5 Å². The first-order valence-electron chi connectivity index (χ1n) is 13.3. The third-order valence-corrected chi connectivity index (χ3v) is 11.3. The highest BCUT2D eigenvalue weighted by Crippen LogP contribution is 2.72. The lowest BCUT2D eigenvalue weighted by Gasteiger charge is -2.60. The monoisotopic (exact) mass is 426 g/mol. The van der Waals surface area contributed by atoms with E-state index in [4.69, 9.17) is 0 Å². The van der Waals surface area contributed by atoms with Crippen LogP contribution >= 0.6 is 0 Å². The Labute approximate surface area is 190 Å². The SMILES string of the molecule is CC(C)=CCC[C@@H](C)[C@H]1C[C@H](O)[C@H]2[C@@H]3CC=C4C5(CC5)[C@H](O)CC[C@]4(C)[C@H]3CC[C@@]21C. The van der Waals surface area contributed by atoms with Crippen molar-refractivity contribution in [2.45, 2.75) is 111 Å². The number of rotatable bonds is 4. The van der Waals surface area contributed by atoms with E-state index in [1.807, 2.05) is 0 Å². The summed E-state index contributed by atoms with van der Waals surface area (Å²) >= 11 is 0. The van der Waals surface area contributed by atoms with Crippen molar-refractivity contribution in [1.82, 2.24) is 0 Å². The Morgan fingerprint density at radius 1 is 1.13 bits per heavy atom. The molecule has 2 N–H and O–H groups in total. The predicted octanol–water partition coefficient (Wildman–Crippen LogP) is 6.67. The predicted molar refractivity (Wildman–Crippen MR) is 127 cm³/mol. The quantitative estimate of drug-likeness (QED) is 0.493. The maximum Gasteiger partial charge on any atom is 0.0634 e. The molecule has 5 rings (SSSR count). The molecule has 1 spiro atoms. The Balaban J connectivity index is 1.41. The van der Waals surface area contributed by atoms with Crippen LogP contribution in [0.25, 0.3) is 0 Å². The van der Waals surface area contributed by atoms with Gasteiger partial charge in [0.25, 0.3) is 0 Å². The smallest absolute Gasteiger partial charge is 0.0634 e. The van der Waals surface area contributed by atoms with E-state index in [1.54, 1.807) is 5.57 Å². The van der Waals surface area contributed by atoms with Gasteiger partial charge >= 0.3 is 0 Å². The van der Waals surface area contributed by atoms with Crippen molar-refractivity contribution >= 4 is 0 Å². The van der Waals surface area contributed by atoms with E-state index in [0.29, 0.717) is 29.6 Å². The fourth-order valence-corrected chi connectivity index (χ4v) is 9.65. The van der Waals surface area contributed by atoms with Gasteiger partial charge in [0.15, 0.2) is 0 Å². The molecule has 0 aromatic heterocycles. The van der Waals surface area contributed by atoms with Gasteiger partial charge < -0.3 is 10.2 Å². The average Bonchev–Trinajstić information content (AvgIpc) is 3.44. The maximum atomic E-state index is 11.4. The van der Waals surface area contributed by atoms with Crippen molar-refractivity contribution < 1.29 is 10.2 Å². The Bertz CT molecular complexity index is 772. The fourth-order valence-electron chi connectivity index (χ4n) is 9.65. The maximum absolute atomic E-state index is 11.4. The Morgan fingerprint density at radius 3 is 2.55 bits per heavy atom. The molecule has 0 radical (unpaired) electrons. The van der Waals surface area contributed by atoms with Crippen LogP contribution in [0.5, 0.6) is 0 Å². The van der Waals surface area contributed by atoms with Gasteiger partial charge in [-0.05, 0) is 118 Å². The van der Waals surface area contributed by atoms with Crippen LogP contribution in [0, 0.1) is 45.8 Å². The van der Waals surface area contributed by atoms with Crippen LogP contribution in [0.3, 0.4) is 0 Å². The summed E-state index contributed by atoms with van der Waals surface area (Å²) in [6, 6.07) is 0. The van der Waals surface area contributed by atoms with Crippen molar-refractivity contribution in [3.63, 3.8) is 0 Å². The lowest BCUT2D eigenvalue weighted by atomic mass is 9.45. The van der Waals surface area contributed by atoms with Crippen LogP contribution in [-0.2, 0) is 0 Å². The summed E-state index contributed by atoms with van der Waals surface area (Å²) < 4.78 is 0. The molecule has 5 aliphatic rings. The first-order valence-corrected chi connectivity index (χ1v) is 13.3. The van der Waals surface area contributed by atoms with E-state index in [2.05, 4.69) is 46.8 Å². The van der Waals surface area contributed by atoms with E-state index < -0.39 is 0 Å². The fraction of sp³-hybridized carbons (Fsp3) is 0.862. The van der Waals surface area contributed by atoms with Gasteiger partial charge in [-0.15, -0.1) is 0 Å². The van der Waals surface area contributed by atoms with E-state index in [9.17, 15) is 10.2 Å². The number of aliphatic hydroxyl groups excluding tert-OH is 2. The topological polar surface area (TPSA) is 40.5 Å². The molecule has 9 atom stereocenters. The van der Waals surface area contributed by atoms with Crippen LogP contribution in [0.1, 0.15) is 98.8 Å². The summed E-state index contributed by atoms with van der Waals surface area (Å²) in [5, 5.41) is 22.2. The number of aliphatic hydroxyl groups is 2. The van der Waals surface area contributed by atoms with Crippen LogP contribution < -0.4 is 0 Å². The van der Waals surface area contributed by atoms with E-state index >= 15 is 0 Å². The zero-order valence-corrected chi connectivity index (χ0v) is 20.7. The van der Waals surface area contributed by atoms with Crippen molar-refractivity contribution in [3.8, 4) is 0 Å². The first-order chi connectivity index (χ1) is 14.6. The average molecular weight is 427 g/mol. The van der Waals surface area contributed by atoms with Gasteiger partial charge in [-0.25, -0.2) is 0 Å². The molecule has 0 heterocycles. The molecule has 5 aliphatic carbocycles. The molecule has 0 amide bonds. The third kappa shape index (κ3) is 3.17. The zero-order chi connectivity index (χ0) is 22.2. The summed E-state index contributed by atoms with van der Waals surface area (Å²) in [5.74, 6) is 3.12. The number of hydrogen-bond donors (Lipinski definition) is 2. The van der Waals surface area contributed by atoms with Crippen molar-refractivity contribution in [2.75, 3.05) is 0 Å². The molecule has 0 aromatic carbocycles. The standard InChI is InChI=1S/C29H46O2/c1-18(2)7-6-8-19(3)22-17-23(30)26-20-9-10-24-27(4,21(20)11-13-28(22,26)5)14-12-25(31)29(24)15-16-29/h7,10,19-23,25-26,30-31H,6,8-9,11-17H2,1-5H3/t19-,20-,21+,22-,23+,25-,26-,27-,28-/m1/s1.